The molecule has 1 N–H and O–H groups in total. The van der Waals surface area contributed by atoms with Gasteiger partial charge in [0.05, 0.1) is 10.9 Å². The maximum atomic E-state index is 12.3. The highest BCUT2D eigenvalue weighted by Crippen LogP contribution is 2.09. The lowest BCUT2D eigenvalue weighted by Gasteiger charge is -2.15. The molecule has 6 heteroatoms. The molecule has 2 heterocycles. The molecule has 21 heavy (non-hydrogen) atoms. The summed E-state index contributed by atoms with van der Waals surface area (Å²) in [5.74, 6) is 0.00644. The first-order valence-electron chi connectivity index (χ1n) is 7.16. The number of nitrogens with zero attached hydrogens (tertiary/aromatic N) is 2. The predicted octanol–water partition coefficient (Wildman–Crippen LogP) is 0.702. The Morgan fingerprint density at radius 3 is 2.62 bits per heavy atom. The van der Waals surface area contributed by atoms with Gasteiger partial charge in [0.25, 0.3) is 5.56 Å². The smallest absolute Gasteiger partial charge is 0.328 e. The number of aromatic nitrogens is 2. The zero-order chi connectivity index (χ0) is 14.8. The van der Waals surface area contributed by atoms with Crippen LogP contribution < -0.4 is 11.2 Å². The minimum absolute atomic E-state index is 0.00644. The molecule has 3 rings (SSSR count). The summed E-state index contributed by atoms with van der Waals surface area (Å²) in [5.41, 5.74) is -0.286. The van der Waals surface area contributed by atoms with Crippen molar-refractivity contribution in [1.29, 1.82) is 0 Å². The van der Waals surface area contributed by atoms with Crippen LogP contribution in [0.1, 0.15) is 19.3 Å². The Labute approximate surface area is 121 Å². The second kappa shape index (κ2) is 5.55. The first-order chi connectivity index (χ1) is 10.2. The van der Waals surface area contributed by atoms with E-state index in [2.05, 4.69) is 4.98 Å². The molecule has 0 radical (unpaired) electrons. The van der Waals surface area contributed by atoms with Gasteiger partial charge in [-0.05, 0) is 25.0 Å². The zero-order valence-corrected chi connectivity index (χ0v) is 11.7. The molecule has 0 saturated carbocycles. The molecule has 1 aromatic carbocycles. The van der Waals surface area contributed by atoms with Gasteiger partial charge in [-0.25, -0.2) is 4.79 Å². The van der Waals surface area contributed by atoms with E-state index in [4.69, 9.17) is 0 Å². The number of fused-ring (bicyclic) bond motifs is 1. The van der Waals surface area contributed by atoms with Crippen molar-refractivity contribution in [3.8, 4) is 0 Å². The van der Waals surface area contributed by atoms with E-state index >= 15 is 0 Å². The van der Waals surface area contributed by atoms with Crippen LogP contribution in [0.15, 0.2) is 33.9 Å². The van der Waals surface area contributed by atoms with Crippen LogP contribution in [0.25, 0.3) is 10.9 Å². The Bertz CT molecular complexity index is 785. The molecule has 0 aliphatic carbocycles. The normalized spacial score (nSPS) is 14.8. The average molecular weight is 287 g/mol. The summed E-state index contributed by atoms with van der Waals surface area (Å²) < 4.78 is 1.11. The summed E-state index contributed by atoms with van der Waals surface area (Å²) in [5, 5.41) is 0.464. The standard InChI is InChI=1S/C15H17N3O3/c19-13(17-8-3-4-9-17)7-10-18-14(20)11-5-1-2-6-12(11)16-15(18)21/h1-2,5-6H,3-4,7-10H2,(H,16,21). The number of aromatic amines is 1. The van der Waals surface area contributed by atoms with E-state index in [1.807, 2.05) is 0 Å². The lowest BCUT2D eigenvalue weighted by Crippen LogP contribution is -2.37. The summed E-state index contributed by atoms with van der Waals surface area (Å²) in [7, 11) is 0. The molecule has 0 spiro atoms. The number of hydrogen-bond acceptors (Lipinski definition) is 3. The monoisotopic (exact) mass is 287 g/mol. The Morgan fingerprint density at radius 1 is 1.14 bits per heavy atom. The molecule has 0 bridgehead atoms. The van der Waals surface area contributed by atoms with Crippen LogP contribution >= 0.6 is 0 Å². The summed E-state index contributed by atoms with van der Waals surface area (Å²) in [6.45, 7) is 1.68. The van der Waals surface area contributed by atoms with E-state index < -0.39 is 5.69 Å². The Morgan fingerprint density at radius 2 is 1.86 bits per heavy atom. The predicted molar refractivity (Wildman–Crippen MR) is 79.3 cm³/mol. The van der Waals surface area contributed by atoms with Gasteiger partial charge in [0.1, 0.15) is 0 Å². The Hall–Kier alpha value is -2.37. The Balaban J connectivity index is 1.85. The number of carbonyl (C=O) groups is 1. The third-order valence-corrected chi connectivity index (χ3v) is 3.90. The second-order valence-electron chi connectivity index (χ2n) is 5.27. The van der Waals surface area contributed by atoms with Crippen molar-refractivity contribution in [1.82, 2.24) is 14.5 Å². The van der Waals surface area contributed by atoms with E-state index in [-0.39, 0.29) is 24.4 Å². The van der Waals surface area contributed by atoms with E-state index in [1.165, 1.54) is 0 Å². The van der Waals surface area contributed by atoms with Gasteiger partial charge < -0.3 is 9.88 Å². The van der Waals surface area contributed by atoms with Crippen LogP contribution in [-0.2, 0) is 11.3 Å². The molecule has 1 aliphatic heterocycles. The minimum atomic E-state index is -0.465. The number of benzene rings is 1. The third-order valence-electron chi connectivity index (χ3n) is 3.90. The largest absolute Gasteiger partial charge is 0.343 e. The van der Waals surface area contributed by atoms with Crippen molar-refractivity contribution in [3.63, 3.8) is 0 Å². The zero-order valence-electron chi connectivity index (χ0n) is 11.7. The van der Waals surface area contributed by atoms with Crippen molar-refractivity contribution in [2.75, 3.05) is 13.1 Å². The number of amides is 1. The summed E-state index contributed by atoms with van der Waals surface area (Å²) in [6, 6.07) is 6.88. The average Bonchev–Trinajstić information content (AvgIpc) is 3.01. The van der Waals surface area contributed by atoms with Crippen molar-refractivity contribution in [2.45, 2.75) is 25.8 Å². The molecule has 1 amide bonds. The second-order valence-corrected chi connectivity index (χ2v) is 5.27. The SMILES string of the molecule is O=C(CCn1c(=O)[nH]c2ccccc2c1=O)N1CCCC1. The number of likely N-dealkylation sites (tertiary alicyclic amines) is 1. The van der Waals surface area contributed by atoms with Crippen LogP contribution in [-0.4, -0.2) is 33.4 Å². The van der Waals surface area contributed by atoms with Crippen molar-refractivity contribution >= 4 is 16.8 Å². The first kappa shape index (κ1) is 13.6. The van der Waals surface area contributed by atoms with Crippen molar-refractivity contribution < 1.29 is 4.79 Å². The molecule has 1 fully saturated rings. The first-order valence-corrected chi connectivity index (χ1v) is 7.16. The molecule has 0 unspecified atom stereocenters. The van der Waals surface area contributed by atoms with E-state index in [0.717, 1.165) is 30.5 Å². The molecular weight excluding hydrogens is 270 g/mol. The summed E-state index contributed by atoms with van der Waals surface area (Å²) in [4.78, 5) is 40.7. The molecule has 0 atom stereocenters. The number of rotatable bonds is 3. The fourth-order valence-corrected chi connectivity index (χ4v) is 2.73. The van der Waals surface area contributed by atoms with Gasteiger partial charge in [0.2, 0.25) is 5.91 Å². The molecule has 1 saturated heterocycles. The van der Waals surface area contributed by atoms with Crippen LogP contribution in [0, 0.1) is 0 Å². The van der Waals surface area contributed by atoms with Crippen LogP contribution in [0.3, 0.4) is 0 Å². The molecular formula is C15H17N3O3. The number of carbonyl (C=O) groups excluding carboxylic acids is 1. The van der Waals surface area contributed by atoms with Gasteiger partial charge in [0.15, 0.2) is 0 Å². The van der Waals surface area contributed by atoms with Gasteiger partial charge in [0, 0.05) is 26.1 Å². The lowest BCUT2D eigenvalue weighted by atomic mass is 10.2. The van der Waals surface area contributed by atoms with E-state index in [9.17, 15) is 14.4 Å². The topological polar surface area (TPSA) is 75.2 Å². The van der Waals surface area contributed by atoms with Crippen molar-refractivity contribution in [2.24, 2.45) is 0 Å². The minimum Gasteiger partial charge on any atom is -0.343 e. The van der Waals surface area contributed by atoms with Gasteiger partial charge in [-0.2, -0.15) is 0 Å². The molecule has 1 aliphatic rings. The highest BCUT2D eigenvalue weighted by molar-refractivity contribution is 5.77. The maximum absolute atomic E-state index is 12.3. The molecule has 6 nitrogen and oxygen atoms in total. The van der Waals surface area contributed by atoms with Gasteiger partial charge in [-0.15, -0.1) is 0 Å². The molecule has 110 valence electrons. The summed E-state index contributed by atoms with van der Waals surface area (Å²) >= 11 is 0. The summed E-state index contributed by atoms with van der Waals surface area (Å²) in [6.07, 6.45) is 2.24. The number of hydrogen-bond donors (Lipinski definition) is 1. The number of nitrogens with one attached hydrogen (secondary N) is 1. The fraction of sp³-hybridized carbons (Fsp3) is 0.400. The van der Waals surface area contributed by atoms with Gasteiger partial charge >= 0.3 is 5.69 Å². The number of para-hydroxylation sites is 1. The lowest BCUT2D eigenvalue weighted by molar-refractivity contribution is -0.130. The quantitative estimate of drug-likeness (QED) is 0.903. The molecule has 1 aromatic heterocycles. The van der Waals surface area contributed by atoms with Gasteiger partial charge in [-0.1, -0.05) is 12.1 Å². The van der Waals surface area contributed by atoms with E-state index in [1.54, 1.807) is 29.2 Å². The fourth-order valence-electron chi connectivity index (χ4n) is 2.73. The van der Waals surface area contributed by atoms with Crippen LogP contribution in [0.2, 0.25) is 0 Å². The highest BCUT2D eigenvalue weighted by Gasteiger charge is 2.18. The van der Waals surface area contributed by atoms with E-state index in [0.29, 0.717) is 10.9 Å². The molecule has 2 aromatic rings. The Kier molecular flexibility index (Phi) is 3.60. The number of H-pyrrole nitrogens is 1. The van der Waals surface area contributed by atoms with Crippen LogP contribution in [0.5, 0.6) is 0 Å². The van der Waals surface area contributed by atoms with Crippen LogP contribution in [0.4, 0.5) is 0 Å². The maximum Gasteiger partial charge on any atom is 0.328 e. The third kappa shape index (κ3) is 2.61. The highest BCUT2D eigenvalue weighted by atomic mass is 16.2. The van der Waals surface area contributed by atoms with Gasteiger partial charge in [-0.3, -0.25) is 14.2 Å². The van der Waals surface area contributed by atoms with Crippen molar-refractivity contribution in [3.05, 3.63) is 45.1 Å².